The lowest BCUT2D eigenvalue weighted by Gasteiger charge is -2.10. The van der Waals surface area contributed by atoms with E-state index in [1.165, 1.54) is 6.92 Å². The molecule has 1 aromatic carbocycles. The highest BCUT2D eigenvalue weighted by atomic mass is 16.6. The molecule has 0 heterocycles. The first-order valence-corrected chi connectivity index (χ1v) is 4.75. The van der Waals surface area contributed by atoms with Crippen molar-refractivity contribution >= 4 is 5.78 Å². The van der Waals surface area contributed by atoms with Crippen LogP contribution in [0.25, 0.3) is 0 Å². The Kier molecular flexibility index (Phi) is 3.97. The van der Waals surface area contributed by atoms with Crippen LogP contribution in [-0.4, -0.2) is 17.3 Å². The van der Waals surface area contributed by atoms with Crippen LogP contribution in [0.2, 0.25) is 0 Å². The van der Waals surface area contributed by atoms with Gasteiger partial charge in [0.2, 0.25) is 6.54 Å². The average Bonchev–Trinajstić information content (AvgIpc) is 2.17. The molecule has 1 atom stereocenters. The molecule has 0 unspecified atom stereocenters. The van der Waals surface area contributed by atoms with E-state index < -0.39 is 0 Å². The fourth-order valence-electron chi connectivity index (χ4n) is 1.54. The summed E-state index contributed by atoms with van der Waals surface area (Å²) in [6, 6.07) is 9.12. The van der Waals surface area contributed by atoms with Crippen LogP contribution in [0.4, 0.5) is 0 Å². The molecule has 1 aromatic rings. The third-order valence-corrected chi connectivity index (χ3v) is 2.17. The van der Waals surface area contributed by atoms with Gasteiger partial charge in [-0.25, -0.2) is 0 Å². The van der Waals surface area contributed by atoms with Crippen molar-refractivity contribution in [2.24, 2.45) is 0 Å². The molecule has 0 aliphatic rings. The maximum Gasteiger partial charge on any atom is 0.211 e. The van der Waals surface area contributed by atoms with E-state index >= 15 is 0 Å². The molecule has 0 spiro atoms. The Labute approximate surface area is 88.1 Å². The minimum Gasteiger partial charge on any atom is -0.300 e. The summed E-state index contributed by atoms with van der Waals surface area (Å²) in [6.07, 6.45) is 0.227. The number of rotatable bonds is 5. The van der Waals surface area contributed by atoms with Gasteiger partial charge < -0.3 is 4.79 Å². The largest absolute Gasteiger partial charge is 0.300 e. The van der Waals surface area contributed by atoms with Gasteiger partial charge in [-0.05, 0) is 12.5 Å². The molecular formula is C11H13NO3. The third-order valence-electron chi connectivity index (χ3n) is 2.17. The molecular weight excluding hydrogens is 194 g/mol. The number of nitrogens with zero attached hydrogens (tertiary/aromatic N) is 1. The summed E-state index contributed by atoms with van der Waals surface area (Å²) < 4.78 is 0. The van der Waals surface area contributed by atoms with Crippen molar-refractivity contribution in [3.8, 4) is 0 Å². The Balaban J connectivity index is 2.81. The number of ketones is 1. The van der Waals surface area contributed by atoms with Crippen molar-refractivity contribution in [3.63, 3.8) is 0 Å². The molecule has 0 radical (unpaired) electrons. The zero-order valence-corrected chi connectivity index (χ0v) is 8.55. The summed E-state index contributed by atoms with van der Waals surface area (Å²) in [4.78, 5) is 21.1. The number of nitro groups is 1. The van der Waals surface area contributed by atoms with E-state index in [0.717, 1.165) is 5.56 Å². The first kappa shape index (κ1) is 11.4. The van der Waals surface area contributed by atoms with Gasteiger partial charge in [0.1, 0.15) is 5.78 Å². The van der Waals surface area contributed by atoms with Crippen molar-refractivity contribution in [2.45, 2.75) is 19.3 Å². The van der Waals surface area contributed by atoms with Crippen LogP contribution in [0.5, 0.6) is 0 Å². The predicted octanol–water partition coefficient (Wildman–Crippen LogP) is 2.03. The van der Waals surface area contributed by atoms with E-state index in [-0.39, 0.29) is 29.6 Å². The molecule has 4 heteroatoms. The average molecular weight is 207 g/mol. The summed E-state index contributed by atoms with van der Waals surface area (Å²) >= 11 is 0. The predicted molar refractivity (Wildman–Crippen MR) is 56.3 cm³/mol. The normalized spacial score (nSPS) is 12.1. The fourth-order valence-corrected chi connectivity index (χ4v) is 1.54. The van der Waals surface area contributed by atoms with E-state index in [4.69, 9.17) is 0 Å². The highest BCUT2D eigenvalue weighted by Gasteiger charge is 2.19. The maximum atomic E-state index is 11.0. The van der Waals surface area contributed by atoms with Gasteiger partial charge in [0, 0.05) is 11.3 Å². The molecule has 0 saturated carbocycles. The van der Waals surface area contributed by atoms with Gasteiger partial charge in [-0.1, -0.05) is 30.3 Å². The van der Waals surface area contributed by atoms with Crippen LogP contribution in [0.1, 0.15) is 24.8 Å². The first-order valence-electron chi connectivity index (χ1n) is 4.75. The molecule has 0 aliphatic carbocycles. The molecule has 0 aromatic heterocycles. The Morgan fingerprint density at radius 1 is 1.40 bits per heavy atom. The molecule has 0 N–H and O–H groups in total. The number of hydrogen-bond acceptors (Lipinski definition) is 3. The quantitative estimate of drug-likeness (QED) is 0.548. The van der Waals surface area contributed by atoms with Crippen LogP contribution >= 0.6 is 0 Å². The Bertz CT molecular complexity index is 332. The molecule has 0 saturated heterocycles. The van der Waals surface area contributed by atoms with Crippen molar-refractivity contribution in [1.29, 1.82) is 0 Å². The van der Waals surface area contributed by atoms with Crippen LogP contribution in [-0.2, 0) is 4.79 Å². The molecule has 0 fully saturated rings. The molecule has 0 amide bonds. The van der Waals surface area contributed by atoms with Gasteiger partial charge >= 0.3 is 0 Å². The molecule has 4 nitrogen and oxygen atoms in total. The van der Waals surface area contributed by atoms with Crippen molar-refractivity contribution in [3.05, 3.63) is 46.0 Å². The van der Waals surface area contributed by atoms with Crippen molar-refractivity contribution in [1.82, 2.24) is 0 Å². The second-order valence-electron chi connectivity index (χ2n) is 3.53. The van der Waals surface area contributed by atoms with Gasteiger partial charge in [0.05, 0.1) is 5.92 Å². The first-order chi connectivity index (χ1) is 7.09. The Morgan fingerprint density at radius 2 is 2.00 bits per heavy atom. The number of Topliss-reactive ketones (excluding diaryl/α,β-unsaturated/α-hetero) is 1. The fraction of sp³-hybridized carbons (Fsp3) is 0.364. The van der Waals surface area contributed by atoms with Gasteiger partial charge in [0.25, 0.3) is 0 Å². The zero-order valence-electron chi connectivity index (χ0n) is 8.55. The number of hydrogen-bond donors (Lipinski definition) is 0. The lowest BCUT2D eigenvalue weighted by Crippen LogP contribution is -2.15. The standard InChI is InChI=1S/C11H13NO3/c1-9(13)7-11(8-12(14)15)10-5-3-2-4-6-10/h2-6,11H,7-8H2,1H3/t11-/m0/s1. The second kappa shape index (κ2) is 5.24. The van der Waals surface area contributed by atoms with Crippen LogP contribution in [0, 0.1) is 10.1 Å². The van der Waals surface area contributed by atoms with E-state index in [2.05, 4.69) is 0 Å². The summed E-state index contributed by atoms with van der Waals surface area (Å²) in [5.41, 5.74) is 0.851. The highest BCUT2D eigenvalue weighted by Crippen LogP contribution is 2.19. The Hall–Kier alpha value is -1.71. The lowest BCUT2D eigenvalue weighted by molar-refractivity contribution is -0.483. The molecule has 80 valence electrons. The number of carbonyl (C=O) groups excluding carboxylic acids is 1. The minimum atomic E-state index is -0.374. The topological polar surface area (TPSA) is 60.2 Å². The third kappa shape index (κ3) is 3.89. The van der Waals surface area contributed by atoms with Gasteiger partial charge in [-0.3, -0.25) is 10.1 Å². The summed E-state index contributed by atoms with van der Waals surface area (Å²) in [5, 5.41) is 10.5. The minimum absolute atomic E-state index is 0.0225. The monoisotopic (exact) mass is 207 g/mol. The summed E-state index contributed by atoms with van der Waals surface area (Å²) in [7, 11) is 0. The maximum absolute atomic E-state index is 11.0. The summed E-state index contributed by atoms with van der Waals surface area (Å²) in [5.74, 6) is -0.329. The van der Waals surface area contributed by atoms with E-state index in [9.17, 15) is 14.9 Å². The van der Waals surface area contributed by atoms with E-state index in [0.29, 0.717) is 0 Å². The summed E-state index contributed by atoms with van der Waals surface area (Å²) in [6.45, 7) is 1.26. The van der Waals surface area contributed by atoms with Crippen molar-refractivity contribution < 1.29 is 9.72 Å². The zero-order chi connectivity index (χ0) is 11.3. The number of benzene rings is 1. The molecule has 15 heavy (non-hydrogen) atoms. The van der Waals surface area contributed by atoms with Gasteiger partial charge in [0.15, 0.2) is 0 Å². The second-order valence-corrected chi connectivity index (χ2v) is 3.53. The van der Waals surface area contributed by atoms with E-state index in [1.807, 2.05) is 30.3 Å². The smallest absolute Gasteiger partial charge is 0.211 e. The SMILES string of the molecule is CC(=O)C[C@@H](C[N+](=O)[O-])c1ccccc1. The number of carbonyl (C=O) groups is 1. The molecule has 0 bridgehead atoms. The van der Waals surface area contributed by atoms with Crippen LogP contribution in [0.15, 0.2) is 30.3 Å². The van der Waals surface area contributed by atoms with Crippen molar-refractivity contribution in [2.75, 3.05) is 6.54 Å². The van der Waals surface area contributed by atoms with Gasteiger partial charge in [-0.2, -0.15) is 0 Å². The lowest BCUT2D eigenvalue weighted by atomic mass is 9.94. The Morgan fingerprint density at radius 3 is 2.47 bits per heavy atom. The highest BCUT2D eigenvalue weighted by molar-refractivity contribution is 5.76. The molecule has 0 aliphatic heterocycles. The van der Waals surface area contributed by atoms with Crippen LogP contribution in [0.3, 0.4) is 0 Å². The van der Waals surface area contributed by atoms with Crippen LogP contribution < -0.4 is 0 Å². The van der Waals surface area contributed by atoms with E-state index in [1.54, 1.807) is 0 Å². The van der Waals surface area contributed by atoms with Gasteiger partial charge in [-0.15, -0.1) is 0 Å². The molecule has 1 rings (SSSR count).